The van der Waals surface area contributed by atoms with E-state index in [2.05, 4.69) is 28.5 Å². The third kappa shape index (κ3) is 4.59. The number of hydrogen-bond donors (Lipinski definition) is 2. The van der Waals surface area contributed by atoms with Gasteiger partial charge in [0.1, 0.15) is 5.02 Å². The van der Waals surface area contributed by atoms with E-state index in [1.54, 1.807) is 0 Å². The van der Waals surface area contributed by atoms with Crippen molar-refractivity contribution in [1.29, 1.82) is 0 Å². The Bertz CT molecular complexity index is 600. The van der Waals surface area contributed by atoms with Crippen LogP contribution in [0.1, 0.15) is 20.3 Å². The number of nitrogens with zero attached hydrogens (tertiary/aromatic N) is 1. The average molecular weight is 322 g/mol. The molecule has 0 aliphatic rings. The van der Waals surface area contributed by atoms with Crippen LogP contribution in [0.25, 0.3) is 0 Å². The predicted molar refractivity (Wildman–Crippen MR) is 79.6 cm³/mol. The number of pyridine rings is 1. The first kappa shape index (κ1) is 17.2. The van der Waals surface area contributed by atoms with Gasteiger partial charge in [0.2, 0.25) is 10.0 Å². The highest BCUT2D eigenvalue weighted by Crippen LogP contribution is 2.10. The van der Waals surface area contributed by atoms with Crippen molar-refractivity contribution in [3.05, 3.63) is 27.6 Å². The van der Waals surface area contributed by atoms with Gasteiger partial charge in [-0.2, -0.15) is 0 Å². The first-order chi connectivity index (χ1) is 9.27. The zero-order valence-electron chi connectivity index (χ0n) is 11.8. The van der Waals surface area contributed by atoms with Gasteiger partial charge >= 0.3 is 0 Å². The molecule has 1 unspecified atom stereocenters. The molecule has 0 spiro atoms. The number of aromatic amines is 1. The number of halogens is 1. The summed E-state index contributed by atoms with van der Waals surface area (Å²) in [6, 6.07) is 1.53. The van der Waals surface area contributed by atoms with Crippen molar-refractivity contribution >= 4 is 21.6 Å². The Morgan fingerprint density at radius 2 is 2.15 bits per heavy atom. The highest BCUT2D eigenvalue weighted by Gasteiger charge is 2.16. The minimum Gasteiger partial charge on any atom is -0.326 e. The fraction of sp³-hybridized carbons (Fsp3) is 0.583. The molecule has 1 aromatic heterocycles. The number of nitrogens with one attached hydrogen (secondary N) is 2. The fourth-order valence-electron chi connectivity index (χ4n) is 1.56. The van der Waals surface area contributed by atoms with Crippen LogP contribution in [0.2, 0.25) is 5.02 Å². The Kier molecular flexibility index (Phi) is 6.19. The molecule has 0 fully saturated rings. The van der Waals surface area contributed by atoms with Crippen LogP contribution in [0.15, 0.2) is 22.0 Å². The van der Waals surface area contributed by atoms with E-state index >= 15 is 0 Å². The summed E-state index contributed by atoms with van der Waals surface area (Å²) in [4.78, 5) is 15.4. The Balaban J connectivity index is 2.66. The smallest absolute Gasteiger partial charge is 0.266 e. The fourth-order valence-corrected chi connectivity index (χ4v) is 2.82. The van der Waals surface area contributed by atoms with Crippen molar-refractivity contribution in [2.24, 2.45) is 0 Å². The van der Waals surface area contributed by atoms with E-state index in [9.17, 15) is 13.2 Å². The zero-order chi connectivity index (χ0) is 15.3. The molecule has 0 radical (unpaired) electrons. The van der Waals surface area contributed by atoms with Crippen LogP contribution in [-0.2, 0) is 10.0 Å². The third-order valence-corrected chi connectivity index (χ3v) is 4.96. The van der Waals surface area contributed by atoms with Crippen molar-refractivity contribution in [3.63, 3.8) is 0 Å². The van der Waals surface area contributed by atoms with E-state index in [1.807, 2.05) is 7.05 Å². The van der Waals surface area contributed by atoms with Gasteiger partial charge in [0.05, 0.1) is 4.90 Å². The van der Waals surface area contributed by atoms with Crippen LogP contribution in [0, 0.1) is 0 Å². The van der Waals surface area contributed by atoms with Crippen molar-refractivity contribution in [2.45, 2.75) is 31.2 Å². The molecule has 0 aromatic carbocycles. The Labute approximate surface area is 124 Å². The molecule has 0 bridgehead atoms. The highest BCUT2D eigenvalue weighted by molar-refractivity contribution is 7.89. The Morgan fingerprint density at radius 3 is 2.70 bits per heavy atom. The second kappa shape index (κ2) is 7.21. The molecule has 1 rings (SSSR count). The van der Waals surface area contributed by atoms with E-state index < -0.39 is 15.6 Å². The number of H-pyrrole nitrogens is 1. The van der Waals surface area contributed by atoms with E-state index in [0.29, 0.717) is 19.1 Å². The summed E-state index contributed by atoms with van der Waals surface area (Å²) in [6.45, 7) is 5.05. The lowest BCUT2D eigenvalue weighted by Gasteiger charge is -2.23. The topological polar surface area (TPSA) is 82.3 Å². The Hall–Kier alpha value is -0.890. The van der Waals surface area contributed by atoms with Gasteiger partial charge < -0.3 is 9.88 Å². The summed E-state index contributed by atoms with van der Waals surface area (Å²) < 4.78 is 26.5. The molecule has 20 heavy (non-hydrogen) atoms. The van der Waals surface area contributed by atoms with Gasteiger partial charge in [-0.1, -0.05) is 18.5 Å². The number of rotatable bonds is 7. The van der Waals surface area contributed by atoms with Gasteiger partial charge in [-0.25, -0.2) is 13.1 Å². The van der Waals surface area contributed by atoms with Crippen molar-refractivity contribution in [1.82, 2.24) is 14.6 Å². The molecular formula is C12H20ClN3O3S. The zero-order valence-corrected chi connectivity index (χ0v) is 13.4. The summed E-state index contributed by atoms with van der Waals surface area (Å²) in [5.74, 6) is 0. The SMILES string of the molecule is CCC(C)N(C)CCNS(=O)(=O)c1c[nH]c(=O)c(Cl)c1. The number of aromatic nitrogens is 1. The largest absolute Gasteiger partial charge is 0.326 e. The van der Waals surface area contributed by atoms with Gasteiger partial charge in [0, 0.05) is 25.3 Å². The molecule has 6 nitrogen and oxygen atoms in total. The van der Waals surface area contributed by atoms with Gasteiger partial charge in [-0.3, -0.25) is 4.79 Å². The Morgan fingerprint density at radius 1 is 1.50 bits per heavy atom. The summed E-state index contributed by atoms with van der Waals surface area (Å²) in [6.07, 6.45) is 2.13. The molecule has 0 saturated carbocycles. The lowest BCUT2D eigenvalue weighted by atomic mass is 10.2. The van der Waals surface area contributed by atoms with Crippen LogP contribution in [0.3, 0.4) is 0 Å². The third-order valence-electron chi connectivity index (χ3n) is 3.24. The van der Waals surface area contributed by atoms with Gasteiger partial charge in [0.15, 0.2) is 0 Å². The first-order valence-corrected chi connectivity index (χ1v) is 8.22. The quantitative estimate of drug-likeness (QED) is 0.786. The minimum atomic E-state index is -3.66. The second-order valence-electron chi connectivity index (χ2n) is 4.65. The van der Waals surface area contributed by atoms with Crippen LogP contribution >= 0.6 is 11.6 Å². The highest BCUT2D eigenvalue weighted by atomic mass is 35.5. The number of hydrogen-bond acceptors (Lipinski definition) is 4. The van der Waals surface area contributed by atoms with E-state index in [-0.39, 0.29) is 9.92 Å². The lowest BCUT2D eigenvalue weighted by Crippen LogP contribution is -2.37. The minimum absolute atomic E-state index is 0.0479. The van der Waals surface area contributed by atoms with Crippen molar-refractivity contribution in [3.8, 4) is 0 Å². The van der Waals surface area contributed by atoms with Crippen LogP contribution in [0.4, 0.5) is 0 Å². The molecule has 1 atom stereocenters. The molecular weight excluding hydrogens is 302 g/mol. The monoisotopic (exact) mass is 321 g/mol. The standard InChI is InChI=1S/C12H20ClN3O3S/c1-4-9(2)16(3)6-5-15-20(18,19)10-7-11(13)12(17)14-8-10/h7-9,15H,4-6H2,1-3H3,(H,14,17). The maximum atomic E-state index is 12.0. The normalized spacial score (nSPS) is 13.7. The number of likely N-dealkylation sites (N-methyl/N-ethyl adjacent to an activating group) is 1. The molecule has 114 valence electrons. The predicted octanol–water partition coefficient (Wildman–Crippen LogP) is 1.04. The maximum Gasteiger partial charge on any atom is 0.266 e. The van der Waals surface area contributed by atoms with Gasteiger partial charge in [0.25, 0.3) is 5.56 Å². The first-order valence-electron chi connectivity index (χ1n) is 6.36. The van der Waals surface area contributed by atoms with Crippen molar-refractivity contribution in [2.75, 3.05) is 20.1 Å². The molecule has 0 amide bonds. The molecule has 1 heterocycles. The van der Waals surface area contributed by atoms with Crippen LogP contribution in [0.5, 0.6) is 0 Å². The summed E-state index contributed by atoms with van der Waals surface area (Å²) in [7, 11) is -1.72. The molecule has 2 N–H and O–H groups in total. The molecule has 0 saturated heterocycles. The summed E-state index contributed by atoms with van der Waals surface area (Å²) in [5, 5.41) is -0.149. The lowest BCUT2D eigenvalue weighted by molar-refractivity contribution is 0.256. The average Bonchev–Trinajstić information content (AvgIpc) is 2.40. The van der Waals surface area contributed by atoms with Crippen LogP contribution in [-0.4, -0.2) is 44.5 Å². The maximum absolute atomic E-state index is 12.0. The van der Waals surface area contributed by atoms with E-state index in [1.165, 1.54) is 0 Å². The molecule has 0 aliphatic carbocycles. The van der Waals surface area contributed by atoms with E-state index in [0.717, 1.165) is 18.7 Å². The second-order valence-corrected chi connectivity index (χ2v) is 6.82. The van der Waals surface area contributed by atoms with Crippen molar-refractivity contribution < 1.29 is 8.42 Å². The molecule has 8 heteroatoms. The summed E-state index contributed by atoms with van der Waals surface area (Å²) >= 11 is 5.62. The molecule has 1 aromatic rings. The van der Waals surface area contributed by atoms with Crippen LogP contribution < -0.4 is 10.3 Å². The van der Waals surface area contributed by atoms with Gasteiger partial charge in [-0.15, -0.1) is 0 Å². The van der Waals surface area contributed by atoms with Gasteiger partial charge in [-0.05, 0) is 26.5 Å². The number of sulfonamides is 1. The van der Waals surface area contributed by atoms with E-state index in [4.69, 9.17) is 11.6 Å². The summed E-state index contributed by atoms with van der Waals surface area (Å²) in [5.41, 5.74) is -0.512. The molecule has 0 aliphatic heterocycles.